The second-order valence-corrected chi connectivity index (χ2v) is 5.79. The van der Waals surface area contributed by atoms with Gasteiger partial charge in [0.15, 0.2) is 0 Å². The number of hydrogen-bond acceptors (Lipinski definition) is 6. The molecule has 0 aliphatic rings. The first-order chi connectivity index (χ1) is 10.1. The Morgan fingerprint density at radius 3 is 2.09 bits per heavy atom. The molecule has 9 nitrogen and oxygen atoms in total. The van der Waals surface area contributed by atoms with Gasteiger partial charge in [-0.25, -0.2) is 4.79 Å². The predicted octanol–water partition coefficient (Wildman–Crippen LogP) is -0.798. The monoisotopic (exact) mass is 336 g/mol. The fourth-order valence-corrected chi connectivity index (χ4v) is 2.38. The van der Waals surface area contributed by atoms with Crippen LogP contribution >= 0.6 is 11.8 Å². The maximum atomic E-state index is 11.6. The van der Waals surface area contributed by atoms with Crippen LogP contribution in [0.25, 0.3) is 0 Å². The number of carboxylic acids is 3. The number of carbonyl (C=O) groups excluding carboxylic acids is 1. The van der Waals surface area contributed by atoms with E-state index in [1.807, 2.05) is 0 Å². The van der Waals surface area contributed by atoms with Crippen LogP contribution in [0.15, 0.2) is 0 Å². The molecule has 3 atom stereocenters. The molecular weight excluding hydrogens is 316 g/mol. The second kappa shape index (κ2) is 10.0. The third kappa shape index (κ3) is 8.47. The molecule has 0 saturated carbocycles. The van der Waals surface area contributed by atoms with Gasteiger partial charge in [0.1, 0.15) is 12.1 Å². The molecule has 0 bridgehead atoms. The van der Waals surface area contributed by atoms with Gasteiger partial charge in [0.25, 0.3) is 0 Å². The quantitative estimate of drug-likeness (QED) is 0.324. The van der Waals surface area contributed by atoms with Crippen molar-refractivity contribution >= 4 is 35.6 Å². The topological polar surface area (TPSA) is 167 Å². The van der Waals surface area contributed by atoms with Crippen molar-refractivity contribution < 1.29 is 34.5 Å². The van der Waals surface area contributed by atoms with E-state index < -0.39 is 41.8 Å². The highest BCUT2D eigenvalue weighted by molar-refractivity contribution is 7.99. The molecule has 0 aliphatic carbocycles. The molecule has 0 spiro atoms. The molecule has 0 heterocycles. The molecule has 0 saturated heterocycles. The number of thioether (sulfide) groups is 1. The first kappa shape index (κ1) is 20.2. The summed E-state index contributed by atoms with van der Waals surface area (Å²) in [5, 5.41) is 28.5. The molecule has 1 amide bonds. The van der Waals surface area contributed by atoms with Crippen LogP contribution in [-0.2, 0) is 19.2 Å². The van der Waals surface area contributed by atoms with Gasteiger partial charge < -0.3 is 26.4 Å². The van der Waals surface area contributed by atoms with Crippen molar-refractivity contribution in [2.45, 2.75) is 31.8 Å². The summed E-state index contributed by atoms with van der Waals surface area (Å²) in [6, 6.07) is -2.35. The van der Waals surface area contributed by atoms with Gasteiger partial charge in [-0.1, -0.05) is 6.92 Å². The number of carbonyl (C=O) groups is 4. The summed E-state index contributed by atoms with van der Waals surface area (Å²) in [6.07, 6.45) is -0.301. The summed E-state index contributed by atoms with van der Waals surface area (Å²) in [5.74, 6) is -4.46. The summed E-state index contributed by atoms with van der Waals surface area (Å²) in [4.78, 5) is 43.7. The highest BCUT2D eigenvalue weighted by Crippen LogP contribution is 2.10. The van der Waals surface area contributed by atoms with E-state index in [4.69, 9.17) is 21.1 Å². The molecule has 1 unspecified atom stereocenters. The Balaban J connectivity index is 4.23. The maximum Gasteiger partial charge on any atom is 0.327 e. The SMILES string of the molecule is CC(CSC[C@H](NC(=O)CC[C@H](N)C(=O)O)C(=O)O)C(=O)O. The van der Waals surface area contributed by atoms with E-state index in [1.54, 1.807) is 0 Å². The van der Waals surface area contributed by atoms with Crippen LogP contribution in [0.2, 0.25) is 0 Å². The van der Waals surface area contributed by atoms with Crippen molar-refractivity contribution in [2.24, 2.45) is 11.7 Å². The minimum atomic E-state index is -1.24. The lowest BCUT2D eigenvalue weighted by Gasteiger charge is -2.15. The third-order valence-corrected chi connectivity index (χ3v) is 4.01. The Labute approximate surface area is 131 Å². The molecule has 0 aromatic heterocycles. The average molecular weight is 336 g/mol. The van der Waals surface area contributed by atoms with E-state index in [-0.39, 0.29) is 24.3 Å². The summed E-state index contributed by atoms with van der Waals surface area (Å²) in [7, 11) is 0. The van der Waals surface area contributed by atoms with E-state index in [2.05, 4.69) is 5.32 Å². The number of rotatable bonds is 11. The molecule has 0 aliphatic heterocycles. The Kier molecular flexibility index (Phi) is 9.18. The second-order valence-electron chi connectivity index (χ2n) is 4.72. The zero-order valence-electron chi connectivity index (χ0n) is 12.0. The number of nitrogens with one attached hydrogen (secondary N) is 1. The average Bonchev–Trinajstić information content (AvgIpc) is 2.42. The van der Waals surface area contributed by atoms with Crippen LogP contribution in [0.4, 0.5) is 0 Å². The Morgan fingerprint density at radius 2 is 1.64 bits per heavy atom. The van der Waals surface area contributed by atoms with Gasteiger partial charge in [-0.05, 0) is 6.42 Å². The largest absolute Gasteiger partial charge is 0.481 e. The van der Waals surface area contributed by atoms with Crippen LogP contribution in [0, 0.1) is 5.92 Å². The Morgan fingerprint density at radius 1 is 1.05 bits per heavy atom. The molecule has 10 heteroatoms. The minimum Gasteiger partial charge on any atom is -0.481 e. The fraction of sp³-hybridized carbons (Fsp3) is 0.667. The van der Waals surface area contributed by atoms with Crippen LogP contribution in [0.5, 0.6) is 0 Å². The summed E-state index contributed by atoms with van der Waals surface area (Å²) in [6.45, 7) is 1.50. The molecule has 0 aromatic carbocycles. The van der Waals surface area contributed by atoms with Crippen LogP contribution < -0.4 is 11.1 Å². The number of hydrogen-bond donors (Lipinski definition) is 5. The number of amides is 1. The molecule has 0 aromatic rings. The maximum absolute atomic E-state index is 11.6. The normalized spacial score (nSPS) is 14.6. The van der Waals surface area contributed by atoms with Crippen LogP contribution in [0.3, 0.4) is 0 Å². The lowest BCUT2D eigenvalue weighted by molar-refractivity contribution is -0.141. The van der Waals surface area contributed by atoms with E-state index in [0.29, 0.717) is 0 Å². The van der Waals surface area contributed by atoms with Gasteiger partial charge in [-0.15, -0.1) is 0 Å². The number of aliphatic carboxylic acids is 3. The van der Waals surface area contributed by atoms with Crippen molar-refractivity contribution in [2.75, 3.05) is 11.5 Å². The summed E-state index contributed by atoms with van der Waals surface area (Å²) >= 11 is 1.10. The first-order valence-corrected chi connectivity index (χ1v) is 7.61. The zero-order valence-corrected chi connectivity index (χ0v) is 12.8. The van der Waals surface area contributed by atoms with Gasteiger partial charge in [0.05, 0.1) is 5.92 Å². The standard InChI is InChI=1S/C12H20N2O7S/c1-6(10(16)17)4-22-5-8(12(20)21)14-9(15)3-2-7(13)11(18)19/h6-8H,2-5,13H2,1H3,(H,14,15)(H,16,17)(H,18,19)(H,20,21)/t6?,7-,8-/m0/s1. The van der Waals surface area contributed by atoms with Gasteiger partial charge in [-0.2, -0.15) is 11.8 Å². The van der Waals surface area contributed by atoms with Crippen molar-refractivity contribution in [3.05, 3.63) is 0 Å². The molecule has 22 heavy (non-hydrogen) atoms. The van der Waals surface area contributed by atoms with Gasteiger partial charge in [-0.3, -0.25) is 14.4 Å². The number of nitrogens with two attached hydrogens (primary N) is 1. The van der Waals surface area contributed by atoms with Crippen molar-refractivity contribution in [3.63, 3.8) is 0 Å². The van der Waals surface area contributed by atoms with Gasteiger partial charge in [0.2, 0.25) is 5.91 Å². The molecule has 0 radical (unpaired) electrons. The fourth-order valence-electron chi connectivity index (χ4n) is 1.29. The van der Waals surface area contributed by atoms with Gasteiger partial charge >= 0.3 is 17.9 Å². The van der Waals surface area contributed by atoms with E-state index in [9.17, 15) is 19.2 Å². The highest BCUT2D eigenvalue weighted by Gasteiger charge is 2.22. The lowest BCUT2D eigenvalue weighted by atomic mass is 10.1. The highest BCUT2D eigenvalue weighted by atomic mass is 32.2. The Bertz CT molecular complexity index is 430. The summed E-state index contributed by atoms with van der Waals surface area (Å²) < 4.78 is 0. The molecule has 0 rings (SSSR count). The van der Waals surface area contributed by atoms with Crippen molar-refractivity contribution in [3.8, 4) is 0 Å². The van der Waals surface area contributed by atoms with E-state index in [0.717, 1.165) is 11.8 Å². The van der Waals surface area contributed by atoms with Crippen LogP contribution in [-0.4, -0.2) is 62.7 Å². The minimum absolute atomic E-state index is 0.0175. The molecule has 126 valence electrons. The van der Waals surface area contributed by atoms with Gasteiger partial charge in [0, 0.05) is 17.9 Å². The lowest BCUT2D eigenvalue weighted by Crippen LogP contribution is -2.43. The summed E-state index contributed by atoms with van der Waals surface area (Å²) in [5.41, 5.74) is 5.24. The molecule has 6 N–H and O–H groups in total. The molecule has 0 fully saturated rings. The predicted molar refractivity (Wildman–Crippen MR) is 78.5 cm³/mol. The zero-order chi connectivity index (χ0) is 17.3. The first-order valence-electron chi connectivity index (χ1n) is 6.46. The van der Waals surface area contributed by atoms with Crippen LogP contribution in [0.1, 0.15) is 19.8 Å². The third-order valence-electron chi connectivity index (χ3n) is 2.71. The smallest absolute Gasteiger partial charge is 0.327 e. The Hall–Kier alpha value is -1.81. The van der Waals surface area contributed by atoms with Crippen molar-refractivity contribution in [1.29, 1.82) is 0 Å². The van der Waals surface area contributed by atoms with Crippen molar-refractivity contribution in [1.82, 2.24) is 5.32 Å². The number of carboxylic acid groups (broad SMARTS) is 3. The molecular formula is C12H20N2O7S. The van der Waals surface area contributed by atoms with E-state index in [1.165, 1.54) is 6.92 Å². The van der Waals surface area contributed by atoms with E-state index >= 15 is 0 Å².